The molecule has 0 radical (unpaired) electrons. The average Bonchev–Trinajstić information content (AvgIpc) is 3.42. The Balaban J connectivity index is 1.18. The molecule has 0 aliphatic carbocycles. The Morgan fingerprint density at radius 3 is 2.50 bits per heavy atom. The fourth-order valence-corrected chi connectivity index (χ4v) is 5.60. The molecule has 8 heteroatoms. The summed E-state index contributed by atoms with van der Waals surface area (Å²) in [5.74, 6) is 0.280. The minimum absolute atomic E-state index is 0.212. The molecule has 3 aromatic carbocycles. The van der Waals surface area contributed by atoms with Crippen molar-refractivity contribution in [2.24, 2.45) is 0 Å². The molecule has 0 saturated carbocycles. The van der Waals surface area contributed by atoms with Gasteiger partial charge in [0.05, 0.1) is 18.5 Å². The maximum Gasteiger partial charge on any atom is 0.332 e. The van der Waals surface area contributed by atoms with Gasteiger partial charge in [0.15, 0.2) is 5.54 Å². The Kier molecular flexibility index (Phi) is 5.67. The van der Waals surface area contributed by atoms with E-state index >= 15 is 0 Å². The Bertz CT molecular complexity index is 1560. The van der Waals surface area contributed by atoms with E-state index in [1.807, 2.05) is 55.5 Å². The van der Waals surface area contributed by atoms with Crippen LogP contribution in [0.3, 0.4) is 0 Å². The standard InChI is InChI=1S/C30H28N4O4/c1-30-26-24(23-5-3-4-6-25(23)32-26)16-18-33(30)29(37)34(28(30)36)21-11-9-20(10-12-21)27(35)31-17-15-19-7-13-22(38-2)14-8-19/h3-14,32H,15-18H2,1-2H3,(H,31,35)/t30-/m0/s1. The van der Waals surface area contributed by atoms with E-state index in [-0.39, 0.29) is 17.8 Å². The van der Waals surface area contributed by atoms with E-state index in [0.717, 1.165) is 33.5 Å². The number of H-pyrrole nitrogens is 1. The van der Waals surface area contributed by atoms with Gasteiger partial charge in [0.25, 0.3) is 11.8 Å². The molecule has 0 bridgehead atoms. The van der Waals surface area contributed by atoms with E-state index in [1.54, 1.807) is 36.3 Å². The quantitative estimate of drug-likeness (QED) is 0.378. The zero-order chi connectivity index (χ0) is 26.4. The number of carbonyl (C=O) groups is 3. The lowest BCUT2D eigenvalue weighted by atomic mass is 9.87. The number of hydrogen-bond acceptors (Lipinski definition) is 4. The van der Waals surface area contributed by atoms with E-state index < -0.39 is 5.54 Å². The van der Waals surface area contributed by atoms with Gasteiger partial charge in [0, 0.05) is 29.6 Å². The van der Waals surface area contributed by atoms with Gasteiger partial charge in [-0.2, -0.15) is 0 Å². The summed E-state index contributed by atoms with van der Waals surface area (Å²) in [7, 11) is 1.63. The lowest BCUT2D eigenvalue weighted by Crippen LogP contribution is -2.49. The van der Waals surface area contributed by atoms with Gasteiger partial charge < -0.3 is 19.9 Å². The number of aromatic amines is 1. The van der Waals surface area contributed by atoms with Crippen molar-refractivity contribution in [3.63, 3.8) is 0 Å². The third-order valence-electron chi connectivity index (χ3n) is 7.71. The summed E-state index contributed by atoms with van der Waals surface area (Å²) in [5.41, 5.74) is 3.72. The molecule has 1 saturated heterocycles. The number of methoxy groups -OCH3 is 1. The van der Waals surface area contributed by atoms with Crippen LogP contribution in [0.1, 0.15) is 34.1 Å². The molecule has 4 aromatic rings. The number of carbonyl (C=O) groups excluding carboxylic acids is 3. The van der Waals surface area contributed by atoms with Crippen molar-refractivity contribution in [3.8, 4) is 5.75 Å². The number of aromatic nitrogens is 1. The summed E-state index contributed by atoms with van der Waals surface area (Å²) in [5, 5.41) is 4.01. The first-order valence-corrected chi connectivity index (χ1v) is 12.7. The Morgan fingerprint density at radius 2 is 1.76 bits per heavy atom. The molecule has 0 unspecified atom stereocenters. The molecule has 1 atom stereocenters. The molecule has 3 heterocycles. The van der Waals surface area contributed by atoms with Crippen LogP contribution < -0.4 is 15.0 Å². The highest BCUT2D eigenvalue weighted by molar-refractivity contribution is 6.23. The molecule has 2 aliphatic rings. The summed E-state index contributed by atoms with van der Waals surface area (Å²) in [4.78, 5) is 46.2. The normalized spacial score (nSPS) is 18.5. The first-order valence-electron chi connectivity index (χ1n) is 12.7. The minimum atomic E-state index is -1.11. The highest BCUT2D eigenvalue weighted by atomic mass is 16.5. The lowest BCUT2D eigenvalue weighted by molar-refractivity contribution is -0.125. The molecule has 1 fully saturated rings. The molecule has 38 heavy (non-hydrogen) atoms. The van der Waals surface area contributed by atoms with Crippen LogP contribution in [0.15, 0.2) is 72.8 Å². The zero-order valence-electron chi connectivity index (χ0n) is 21.3. The van der Waals surface area contributed by atoms with E-state index in [2.05, 4.69) is 10.3 Å². The van der Waals surface area contributed by atoms with Crippen molar-refractivity contribution < 1.29 is 19.1 Å². The minimum Gasteiger partial charge on any atom is -0.497 e. The monoisotopic (exact) mass is 508 g/mol. The Morgan fingerprint density at radius 1 is 1.03 bits per heavy atom. The van der Waals surface area contributed by atoms with Gasteiger partial charge in [-0.1, -0.05) is 30.3 Å². The highest BCUT2D eigenvalue weighted by Gasteiger charge is 2.59. The van der Waals surface area contributed by atoms with Gasteiger partial charge in [0.1, 0.15) is 5.75 Å². The van der Waals surface area contributed by atoms with Gasteiger partial charge in [-0.05, 0) is 73.4 Å². The number of para-hydroxylation sites is 1. The average molecular weight is 509 g/mol. The predicted molar refractivity (Wildman–Crippen MR) is 144 cm³/mol. The topological polar surface area (TPSA) is 94.7 Å². The predicted octanol–water partition coefficient (Wildman–Crippen LogP) is 4.39. The van der Waals surface area contributed by atoms with Gasteiger partial charge in [-0.3, -0.25) is 9.59 Å². The number of fused-ring (bicyclic) bond motifs is 5. The summed E-state index contributed by atoms with van der Waals surface area (Å²) in [6.45, 7) is 2.75. The molecule has 2 aliphatic heterocycles. The van der Waals surface area contributed by atoms with Crippen molar-refractivity contribution in [2.75, 3.05) is 25.1 Å². The van der Waals surface area contributed by atoms with Crippen LogP contribution in [0.5, 0.6) is 5.75 Å². The van der Waals surface area contributed by atoms with Crippen molar-refractivity contribution >= 4 is 34.4 Å². The number of urea groups is 1. The SMILES string of the molecule is COc1ccc(CCNC(=O)c2ccc(N3C(=O)N4CCc5c([nH]c6ccccc56)[C@@]4(C)C3=O)cc2)cc1. The molecule has 1 aromatic heterocycles. The zero-order valence-corrected chi connectivity index (χ0v) is 21.3. The molecular weight excluding hydrogens is 480 g/mol. The van der Waals surface area contributed by atoms with Gasteiger partial charge in [-0.15, -0.1) is 0 Å². The van der Waals surface area contributed by atoms with E-state index in [4.69, 9.17) is 4.74 Å². The molecule has 0 spiro atoms. The third kappa shape index (κ3) is 3.63. The first-order chi connectivity index (χ1) is 18.4. The number of amides is 4. The fourth-order valence-electron chi connectivity index (χ4n) is 5.60. The van der Waals surface area contributed by atoms with E-state index in [1.165, 1.54) is 4.90 Å². The number of hydrogen-bond donors (Lipinski definition) is 2. The Hall–Kier alpha value is -4.59. The Labute approximate surface area is 220 Å². The molecule has 6 rings (SSSR count). The van der Waals surface area contributed by atoms with Crippen LogP contribution in [0, 0.1) is 0 Å². The maximum absolute atomic E-state index is 13.8. The number of ether oxygens (including phenoxy) is 1. The van der Waals surface area contributed by atoms with Crippen LogP contribution in [0.25, 0.3) is 10.9 Å². The van der Waals surface area contributed by atoms with Crippen LogP contribution >= 0.6 is 0 Å². The maximum atomic E-state index is 13.8. The van der Waals surface area contributed by atoms with E-state index in [9.17, 15) is 14.4 Å². The third-order valence-corrected chi connectivity index (χ3v) is 7.71. The smallest absolute Gasteiger partial charge is 0.332 e. The van der Waals surface area contributed by atoms with Crippen molar-refractivity contribution in [3.05, 3.63) is 95.2 Å². The van der Waals surface area contributed by atoms with Crippen molar-refractivity contribution in [1.82, 2.24) is 15.2 Å². The largest absolute Gasteiger partial charge is 0.497 e. The number of nitrogens with one attached hydrogen (secondary N) is 2. The van der Waals surface area contributed by atoms with Crippen LogP contribution in [-0.2, 0) is 23.2 Å². The second kappa shape index (κ2) is 9.06. The summed E-state index contributed by atoms with van der Waals surface area (Å²) in [6.07, 6.45) is 1.37. The highest BCUT2D eigenvalue weighted by Crippen LogP contribution is 2.45. The molecule has 192 valence electrons. The lowest BCUT2D eigenvalue weighted by Gasteiger charge is -2.35. The summed E-state index contributed by atoms with van der Waals surface area (Å²) >= 11 is 0. The van der Waals surface area contributed by atoms with Gasteiger partial charge >= 0.3 is 6.03 Å². The van der Waals surface area contributed by atoms with Crippen molar-refractivity contribution in [2.45, 2.75) is 25.3 Å². The van der Waals surface area contributed by atoms with Gasteiger partial charge in [0.2, 0.25) is 0 Å². The number of rotatable bonds is 6. The second-order valence-electron chi connectivity index (χ2n) is 9.82. The van der Waals surface area contributed by atoms with Crippen molar-refractivity contribution in [1.29, 1.82) is 0 Å². The van der Waals surface area contributed by atoms with Crippen LogP contribution in [0.2, 0.25) is 0 Å². The summed E-state index contributed by atoms with van der Waals surface area (Å²) < 4.78 is 5.17. The number of anilines is 1. The molecule has 4 amide bonds. The fraction of sp³-hybridized carbons (Fsp3) is 0.233. The molecule has 2 N–H and O–H groups in total. The number of nitrogens with zero attached hydrogens (tertiary/aromatic N) is 2. The summed E-state index contributed by atoms with van der Waals surface area (Å²) in [6, 6.07) is 21.9. The van der Waals surface area contributed by atoms with Crippen LogP contribution in [-0.4, -0.2) is 47.9 Å². The molecule has 8 nitrogen and oxygen atoms in total. The van der Waals surface area contributed by atoms with E-state index in [0.29, 0.717) is 37.2 Å². The first kappa shape index (κ1) is 23.8. The van der Waals surface area contributed by atoms with Crippen LogP contribution in [0.4, 0.5) is 10.5 Å². The molecular formula is C30H28N4O4. The van der Waals surface area contributed by atoms with Gasteiger partial charge in [-0.25, -0.2) is 9.69 Å². The second-order valence-corrected chi connectivity index (χ2v) is 9.82. The number of imide groups is 1. The number of benzene rings is 3.